The van der Waals surface area contributed by atoms with Gasteiger partial charge in [-0.25, -0.2) is 4.98 Å². The van der Waals surface area contributed by atoms with Crippen molar-refractivity contribution in [1.82, 2.24) is 14.4 Å². The molecule has 4 aromatic rings. The van der Waals surface area contributed by atoms with Gasteiger partial charge >= 0.3 is 0 Å². The van der Waals surface area contributed by atoms with Crippen molar-refractivity contribution in [2.75, 3.05) is 5.73 Å². The molecule has 2 aromatic carbocycles. The molecule has 5 nitrogen and oxygen atoms in total. The Morgan fingerprint density at radius 2 is 1.90 bits per heavy atom. The van der Waals surface area contributed by atoms with Crippen LogP contribution in [0.1, 0.15) is 0 Å². The molecule has 0 unspecified atom stereocenters. The number of hydrogen-bond acceptors (Lipinski definition) is 4. The Balaban J connectivity index is 1.89. The number of anilines is 1. The predicted octanol–water partition coefficient (Wildman–Crippen LogP) is 3.26. The summed E-state index contributed by atoms with van der Waals surface area (Å²) in [6, 6.07) is 13.9. The average Bonchev–Trinajstić information content (AvgIpc) is 2.96. The standard InChI is InChI=1S/C16H12N4O/c17-14-10-20-9-8-18-15(20)16(19-14)21-13-7-3-5-11-4-1-2-6-12(11)13/h1-10H,17H2. The highest BCUT2D eigenvalue weighted by atomic mass is 16.5. The number of aromatic nitrogens is 3. The fraction of sp³-hybridized carbons (Fsp3) is 0. The van der Waals surface area contributed by atoms with Gasteiger partial charge < -0.3 is 10.5 Å². The van der Waals surface area contributed by atoms with Crippen molar-refractivity contribution in [3.05, 3.63) is 61.1 Å². The van der Waals surface area contributed by atoms with E-state index in [9.17, 15) is 0 Å². The average molecular weight is 276 g/mol. The Hall–Kier alpha value is -3.08. The van der Waals surface area contributed by atoms with Gasteiger partial charge in [0.05, 0.1) is 6.20 Å². The van der Waals surface area contributed by atoms with E-state index < -0.39 is 0 Å². The van der Waals surface area contributed by atoms with E-state index in [1.165, 1.54) is 0 Å². The van der Waals surface area contributed by atoms with E-state index in [0.29, 0.717) is 17.3 Å². The Kier molecular flexibility index (Phi) is 2.50. The van der Waals surface area contributed by atoms with E-state index in [2.05, 4.69) is 9.97 Å². The number of benzene rings is 2. The predicted molar refractivity (Wildman–Crippen MR) is 81.4 cm³/mol. The molecule has 0 fully saturated rings. The molecule has 2 N–H and O–H groups in total. The third-order valence-electron chi connectivity index (χ3n) is 3.32. The molecule has 0 saturated heterocycles. The van der Waals surface area contributed by atoms with Gasteiger partial charge in [0, 0.05) is 17.8 Å². The van der Waals surface area contributed by atoms with Crippen molar-refractivity contribution in [3.63, 3.8) is 0 Å². The van der Waals surface area contributed by atoms with Crippen LogP contribution in [0.5, 0.6) is 11.6 Å². The van der Waals surface area contributed by atoms with E-state index in [4.69, 9.17) is 10.5 Å². The molecule has 102 valence electrons. The first-order valence-corrected chi connectivity index (χ1v) is 6.56. The van der Waals surface area contributed by atoms with Crippen molar-refractivity contribution in [3.8, 4) is 11.6 Å². The first kappa shape index (κ1) is 11.7. The summed E-state index contributed by atoms with van der Waals surface area (Å²) in [5.41, 5.74) is 6.45. The monoisotopic (exact) mass is 276 g/mol. The van der Waals surface area contributed by atoms with Crippen molar-refractivity contribution < 1.29 is 4.74 Å². The number of rotatable bonds is 2. The molecule has 0 aliphatic rings. The van der Waals surface area contributed by atoms with Gasteiger partial charge in [0.15, 0.2) is 0 Å². The van der Waals surface area contributed by atoms with E-state index >= 15 is 0 Å². The van der Waals surface area contributed by atoms with Crippen molar-refractivity contribution in [2.24, 2.45) is 0 Å². The van der Waals surface area contributed by atoms with E-state index in [1.807, 2.05) is 48.7 Å². The van der Waals surface area contributed by atoms with E-state index in [0.717, 1.165) is 16.5 Å². The van der Waals surface area contributed by atoms with Crippen molar-refractivity contribution in [2.45, 2.75) is 0 Å². The zero-order valence-electron chi connectivity index (χ0n) is 11.1. The summed E-state index contributed by atoms with van der Waals surface area (Å²) in [6.07, 6.45) is 5.20. The van der Waals surface area contributed by atoms with Gasteiger partial charge in [-0.05, 0) is 11.5 Å². The fourth-order valence-electron chi connectivity index (χ4n) is 2.38. The van der Waals surface area contributed by atoms with Crippen LogP contribution in [0.15, 0.2) is 61.1 Å². The summed E-state index contributed by atoms with van der Waals surface area (Å²) < 4.78 is 7.76. The van der Waals surface area contributed by atoms with Gasteiger partial charge in [-0.15, -0.1) is 0 Å². The summed E-state index contributed by atoms with van der Waals surface area (Å²) in [5.74, 6) is 1.52. The van der Waals surface area contributed by atoms with Crippen LogP contribution < -0.4 is 10.5 Å². The normalized spacial score (nSPS) is 11.0. The largest absolute Gasteiger partial charge is 0.435 e. The number of nitrogen functional groups attached to an aromatic ring is 1. The van der Waals surface area contributed by atoms with Crippen molar-refractivity contribution >= 4 is 22.2 Å². The molecule has 21 heavy (non-hydrogen) atoms. The minimum atomic E-state index is 0.385. The Bertz CT molecular complexity index is 940. The molecule has 0 bridgehead atoms. The minimum absolute atomic E-state index is 0.385. The van der Waals surface area contributed by atoms with Crippen LogP contribution >= 0.6 is 0 Å². The number of fused-ring (bicyclic) bond motifs is 2. The van der Waals surface area contributed by atoms with Gasteiger partial charge in [-0.3, -0.25) is 4.40 Å². The molecular weight excluding hydrogens is 264 g/mol. The Morgan fingerprint density at radius 3 is 2.86 bits per heavy atom. The maximum atomic E-state index is 5.97. The van der Waals surface area contributed by atoms with Crippen LogP contribution in [0.4, 0.5) is 5.82 Å². The van der Waals surface area contributed by atoms with E-state index in [-0.39, 0.29) is 0 Å². The number of hydrogen-bond donors (Lipinski definition) is 1. The summed E-state index contributed by atoms with van der Waals surface area (Å²) in [5, 5.41) is 2.13. The Labute approximate surface area is 120 Å². The van der Waals surface area contributed by atoms with Crippen LogP contribution in [0.3, 0.4) is 0 Å². The van der Waals surface area contributed by atoms with Crippen molar-refractivity contribution in [1.29, 1.82) is 0 Å². The summed E-state index contributed by atoms with van der Waals surface area (Å²) in [4.78, 5) is 8.50. The minimum Gasteiger partial charge on any atom is -0.435 e. The molecule has 0 aliphatic heterocycles. The molecule has 0 saturated carbocycles. The molecule has 4 rings (SSSR count). The molecule has 5 heteroatoms. The van der Waals surface area contributed by atoms with Crippen LogP contribution in [0, 0.1) is 0 Å². The quantitative estimate of drug-likeness (QED) is 0.610. The maximum Gasteiger partial charge on any atom is 0.265 e. The van der Waals surface area contributed by atoms with Gasteiger partial charge in [0.25, 0.3) is 5.88 Å². The highest BCUT2D eigenvalue weighted by molar-refractivity contribution is 5.88. The second-order valence-electron chi connectivity index (χ2n) is 4.71. The first-order chi connectivity index (χ1) is 10.3. The van der Waals surface area contributed by atoms with Crippen LogP contribution in [0.2, 0.25) is 0 Å². The van der Waals surface area contributed by atoms with Gasteiger partial charge in [0.1, 0.15) is 11.6 Å². The highest BCUT2D eigenvalue weighted by Gasteiger charge is 2.10. The van der Waals surface area contributed by atoms with Gasteiger partial charge in [0.2, 0.25) is 5.65 Å². The van der Waals surface area contributed by atoms with Crippen LogP contribution in [0.25, 0.3) is 16.4 Å². The molecule has 0 amide bonds. The summed E-state index contributed by atoms with van der Waals surface area (Å²) in [7, 11) is 0. The number of nitrogens with zero attached hydrogens (tertiary/aromatic N) is 3. The lowest BCUT2D eigenvalue weighted by Gasteiger charge is -2.09. The summed E-state index contributed by atoms with van der Waals surface area (Å²) in [6.45, 7) is 0. The maximum absolute atomic E-state index is 5.97. The lowest BCUT2D eigenvalue weighted by Crippen LogP contribution is -1.99. The van der Waals surface area contributed by atoms with Crippen LogP contribution in [-0.4, -0.2) is 14.4 Å². The second-order valence-corrected chi connectivity index (χ2v) is 4.71. The van der Waals surface area contributed by atoms with Gasteiger partial charge in [-0.2, -0.15) is 4.98 Å². The molecule has 0 atom stereocenters. The molecule has 0 spiro atoms. The zero-order chi connectivity index (χ0) is 14.2. The lowest BCUT2D eigenvalue weighted by atomic mass is 10.1. The number of ether oxygens (including phenoxy) is 1. The lowest BCUT2D eigenvalue weighted by molar-refractivity contribution is 0.471. The number of nitrogens with two attached hydrogens (primary N) is 1. The third-order valence-corrected chi connectivity index (χ3v) is 3.32. The number of imidazole rings is 1. The van der Waals surface area contributed by atoms with Gasteiger partial charge in [-0.1, -0.05) is 36.4 Å². The highest BCUT2D eigenvalue weighted by Crippen LogP contribution is 2.30. The molecule has 2 heterocycles. The SMILES string of the molecule is Nc1cn2ccnc2c(Oc2cccc3ccccc23)n1. The smallest absolute Gasteiger partial charge is 0.265 e. The molecule has 0 radical (unpaired) electrons. The second kappa shape index (κ2) is 4.49. The van der Waals surface area contributed by atoms with E-state index in [1.54, 1.807) is 16.8 Å². The fourth-order valence-corrected chi connectivity index (χ4v) is 2.38. The molecular formula is C16H12N4O. The zero-order valence-corrected chi connectivity index (χ0v) is 11.1. The molecule has 2 aromatic heterocycles. The third kappa shape index (κ3) is 1.95. The Morgan fingerprint density at radius 1 is 1.05 bits per heavy atom. The topological polar surface area (TPSA) is 65.4 Å². The first-order valence-electron chi connectivity index (χ1n) is 6.56. The molecule has 0 aliphatic carbocycles. The summed E-state index contributed by atoms with van der Waals surface area (Å²) >= 11 is 0. The van der Waals surface area contributed by atoms with Crippen LogP contribution in [-0.2, 0) is 0 Å².